The Labute approximate surface area is 224 Å². The number of ether oxygens (including phenoxy) is 4. The highest BCUT2D eigenvalue weighted by Gasteiger charge is 2.19. The van der Waals surface area contributed by atoms with Crippen molar-refractivity contribution in [2.24, 2.45) is 0 Å². The second kappa shape index (κ2) is 12.0. The van der Waals surface area contributed by atoms with Crippen molar-refractivity contribution in [3.8, 4) is 28.5 Å². The summed E-state index contributed by atoms with van der Waals surface area (Å²) in [6, 6.07) is 18.9. The van der Waals surface area contributed by atoms with Gasteiger partial charge in [0.1, 0.15) is 6.54 Å². The molecular formula is C29H27N3O7. The number of methoxy groups -OCH3 is 4. The van der Waals surface area contributed by atoms with Gasteiger partial charge in [-0.2, -0.15) is 0 Å². The second-order valence-electron chi connectivity index (χ2n) is 8.28. The van der Waals surface area contributed by atoms with Crippen LogP contribution in [0.2, 0.25) is 0 Å². The maximum atomic E-state index is 13.5. The Balaban J connectivity index is 1.70. The third-order valence-corrected chi connectivity index (χ3v) is 5.92. The number of para-hydroxylation sites is 1. The number of anilines is 1. The highest BCUT2D eigenvalue weighted by atomic mass is 16.5. The molecule has 0 atom stereocenters. The number of hydrogen-bond acceptors (Lipinski definition) is 8. The topological polar surface area (TPSA) is 125 Å². The number of fused-ring (bicyclic) bond motifs is 1. The van der Waals surface area contributed by atoms with E-state index in [2.05, 4.69) is 15.4 Å². The Kier molecular flexibility index (Phi) is 8.25. The van der Waals surface area contributed by atoms with Crippen LogP contribution >= 0.6 is 0 Å². The van der Waals surface area contributed by atoms with Gasteiger partial charge in [0.15, 0.2) is 11.5 Å². The third kappa shape index (κ3) is 5.90. The fraction of sp³-hybridized carbons (Fsp3) is 0.172. The maximum absolute atomic E-state index is 13.5. The van der Waals surface area contributed by atoms with Crippen LogP contribution in [0.25, 0.3) is 22.2 Å². The van der Waals surface area contributed by atoms with Crippen LogP contribution in [0.15, 0.2) is 66.7 Å². The fourth-order valence-corrected chi connectivity index (χ4v) is 4.00. The number of pyridine rings is 1. The van der Waals surface area contributed by atoms with Crippen LogP contribution in [0.3, 0.4) is 0 Å². The largest absolute Gasteiger partial charge is 0.493 e. The quantitative estimate of drug-likeness (QED) is 0.311. The predicted molar refractivity (Wildman–Crippen MR) is 146 cm³/mol. The van der Waals surface area contributed by atoms with Crippen molar-refractivity contribution in [1.82, 2.24) is 10.3 Å². The minimum atomic E-state index is -0.569. The molecule has 0 radical (unpaired) electrons. The molecule has 0 bridgehead atoms. The first-order chi connectivity index (χ1) is 18.9. The standard InChI is InChI=1S/C29H27N3O7/c1-36-24-13-18(14-25(37-2)27(24)39-4)23-15-21(20-10-5-6-11-22(20)32-23)29(35)31-19-9-7-8-17(12-19)28(34)30-16-26(33)38-3/h5-15H,16H2,1-4H3,(H,30,34)(H,31,35). The van der Waals surface area contributed by atoms with Crippen LogP contribution in [-0.4, -0.2) is 57.8 Å². The van der Waals surface area contributed by atoms with E-state index in [4.69, 9.17) is 19.2 Å². The third-order valence-electron chi connectivity index (χ3n) is 5.92. The molecule has 0 unspecified atom stereocenters. The molecule has 2 N–H and O–H groups in total. The lowest BCUT2D eigenvalue weighted by atomic mass is 10.0. The number of nitrogens with zero attached hydrogens (tertiary/aromatic N) is 1. The molecule has 0 aliphatic carbocycles. The molecule has 0 fully saturated rings. The van der Waals surface area contributed by atoms with Crippen LogP contribution in [0, 0.1) is 0 Å². The summed E-state index contributed by atoms with van der Waals surface area (Å²) in [5.41, 5.74) is 2.85. The summed E-state index contributed by atoms with van der Waals surface area (Å²) >= 11 is 0. The van der Waals surface area contributed by atoms with Gasteiger partial charge in [0.2, 0.25) is 5.75 Å². The molecule has 0 saturated carbocycles. The van der Waals surface area contributed by atoms with Crippen molar-refractivity contribution in [3.05, 3.63) is 77.9 Å². The van der Waals surface area contributed by atoms with Gasteiger partial charge in [-0.25, -0.2) is 4.98 Å². The molecule has 3 aromatic carbocycles. The smallest absolute Gasteiger partial charge is 0.325 e. The number of hydrogen-bond donors (Lipinski definition) is 2. The first-order valence-corrected chi connectivity index (χ1v) is 11.8. The van der Waals surface area contributed by atoms with E-state index in [1.165, 1.54) is 34.5 Å². The first kappa shape index (κ1) is 26.9. The van der Waals surface area contributed by atoms with Gasteiger partial charge in [-0.15, -0.1) is 0 Å². The van der Waals surface area contributed by atoms with E-state index in [9.17, 15) is 14.4 Å². The summed E-state index contributed by atoms with van der Waals surface area (Å²) in [5.74, 6) is -0.0894. The molecule has 10 heteroatoms. The average Bonchev–Trinajstić information content (AvgIpc) is 2.98. The molecule has 4 rings (SSSR count). The van der Waals surface area contributed by atoms with Crippen molar-refractivity contribution in [2.45, 2.75) is 0 Å². The number of benzene rings is 3. The van der Waals surface area contributed by atoms with Crippen LogP contribution in [-0.2, 0) is 9.53 Å². The summed E-state index contributed by atoms with van der Waals surface area (Å²) in [4.78, 5) is 42.1. The van der Waals surface area contributed by atoms with Crippen LogP contribution in [0.4, 0.5) is 5.69 Å². The average molecular weight is 530 g/mol. The van der Waals surface area contributed by atoms with Gasteiger partial charge in [0.25, 0.3) is 11.8 Å². The fourth-order valence-electron chi connectivity index (χ4n) is 4.00. The summed E-state index contributed by atoms with van der Waals surface area (Å²) in [5, 5.41) is 5.98. The van der Waals surface area contributed by atoms with Crippen molar-refractivity contribution >= 4 is 34.4 Å². The van der Waals surface area contributed by atoms with Gasteiger partial charge >= 0.3 is 5.97 Å². The Hall–Kier alpha value is -5.12. The Morgan fingerprint density at radius 3 is 2.18 bits per heavy atom. The SMILES string of the molecule is COC(=O)CNC(=O)c1cccc(NC(=O)c2cc(-c3cc(OC)c(OC)c(OC)c3)nc3ccccc23)c1. The van der Waals surface area contributed by atoms with E-state index in [1.54, 1.807) is 36.4 Å². The summed E-state index contributed by atoms with van der Waals surface area (Å²) in [6.07, 6.45) is 0. The molecule has 39 heavy (non-hydrogen) atoms. The van der Waals surface area contributed by atoms with Crippen molar-refractivity contribution < 1.29 is 33.3 Å². The van der Waals surface area contributed by atoms with Gasteiger partial charge in [0.05, 0.1) is 45.2 Å². The lowest BCUT2D eigenvalue weighted by Crippen LogP contribution is -2.30. The number of nitrogens with one attached hydrogen (secondary N) is 2. The number of rotatable bonds is 9. The normalized spacial score (nSPS) is 10.5. The van der Waals surface area contributed by atoms with E-state index in [0.29, 0.717) is 50.7 Å². The molecule has 0 aliphatic heterocycles. The Bertz CT molecular complexity index is 1530. The van der Waals surface area contributed by atoms with Crippen LogP contribution in [0.5, 0.6) is 17.2 Å². The maximum Gasteiger partial charge on any atom is 0.325 e. The van der Waals surface area contributed by atoms with E-state index in [-0.39, 0.29) is 12.1 Å². The van der Waals surface area contributed by atoms with Crippen LogP contribution < -0.4 is 24.8 Å². The molecule has 4 aromatic rings. The molecule has 2 amide bonds. The monoisotopic (exact) mass is 529 g/mol. The van der Waals surface area contributed by atoms with Crippen molar-refractivity contribution in [1.29, 1.82) is 0 Å². The number of carbonyl (C=O) groups is 3. The number of esters is 1. The highest BCUT2D eigenvalue weighted by Crippen LogP contribution is 2.41. The van der Waals surface area contributed by atoms with Gasteiger partial charge in [-0.05, 0) is 42.5 Å². The number of carbonyl (C=O) groups excluding carboxylic acids is 3. The molecular weight excluding hydrogens is 502 g/mol. The zero-order chi connectivity index (χ0) is 27.9. The van der Waals surface area contributed by atoms with Gasteiger partial charge in [-0.1, -0.05) is 24.3 Å². The van der Waals surface area contributed by atoms with Gasteiger partial charge in [-0.3, -0.25) is 14.4 Å². The lowest BCUT2D eigenvalue weighted by Gasteiger charge is -2.15. The minimum Gasteiger partial charge on any atom is -0.493 e. The van der Waals surface area contributed by atoms with Crippen LogP contribution in [0.1, 0.15) is 20.7 Å². The Morgan fingerprint density at radius 2 is 1.51 bits per heavy atom. The van der Waals surface area contributed by atoms with E-state index < -0.39 is 17.8 Å². The molecule has 0 saturated heterocycles. The number of aromatic nitrogens is 1. The second-order valence-corrected chi connectivity index (χ2v) is 8.28. The van der Waals surface area contributed by atoms with E-state index >= 15 is 0 Å². The van der Waals surface area contributed by atoms with Gasteiger partial charge in [0, 0.05) is 22.2 Å². The molecule has 1 heterocycles. The summed E-state index contributed by atoms with van der Waals surface area (Å²) < 4.78 is 20.9. The molecule has 0 aliphatic rings. The van der Waals surface area contributed by atoms with Crippen molar-refractivity contribution in [3.63, 3.8) is 0 Å². The van der Waals surface area contributed by atoms with Gasteiger partial charge < -0.3 is 29.6 Å². The molecule has 10 nitrogen and oxygen atoms in total. The molecule has 0 spiro atoms. The highest BCUT2D eigenvalue weighted by molar-refractivity contribution is 6.13. The zero-order valence-corrected chi connectivity index (χ0v) is 21.9. The van der Waals surface area contributed by atoms with E-state index in [1.807, 2.05) is 24.3 Å². The summed E-state index contributed by atoms with van der Waals surface area (Å²) in [6.45, 7) is -0.265. The predicted octanol–water partition coefficient (Wildman–Crippen LogP) is 4.08. The first-order valence-electron chi connectivity index (χ1n) is 11.8. The Morgan fingerprint density at radius 1 is 0.795 bits per heavy atom. The van der Waals surface area contributed by atoms with Crippen molar-refractivity contribution in [2.75, 3.05) is 40.3 Å². The zero-order valence-electron chi connectivity index (χ0n) is 21.9. The lowest BCUT2D eigenvalue weighted by molar-refractivity contribution is -0.139. The molecule has 1 aromatic heterocycles. The van der Waals surface area contributed by atoms with E-state index in [0.717, 1.165) is 0 Å². The number of amides is 2. The minimum absolute atomic E-state index is 0.265. The molecule has 200 valence electrons. The summed E-state index contributed by atoms with van der Waals surface area (Å²) in [7, 11) is 5.81.